The number of nitrogens with one attached hydrogen (secondary N) is 1. The molecule has 0 spiro atoms. The van der Waals surface area contributed by atoms with E-state index in [2.05, 4.69) is 25.1 Å². The fraction of sp³-hybridized carbons (Fsp3) is 0.353. The molecule has 1 aromatic heterocycles. The van der Waals surface area contributed by atoms with E-state index < -0.39 is 0 Å². The molecule has 6 nitrogen and oxygen atoms in total. The van der Waals surface area contributed by atoms with Crippen LogP contribution in [0.5, 0.6) is 0 Å². The number of hydrogen-bond acceptors (Lipinski definition) is 6. The molecule has 7 heteroatoms. The number of amides is 1. The van der Waals surface area contributed by atoms with Gasteiger partial charge in [0.15, 0.2) is 0 Å². The summed E-state index contributed by atoms with van der Waals surface area (Å²) in [5.41, 5.74) is 0.842. The van der Waals surface area contributed by atoms with Crippen molar-refractivity contribution in [1.29, 1.82) is 0 Å². The lowest BCUT2D eigenvalue weighted by atomic mass is 10.3. The highest BCUT2D eigenvalue weighted by Gasteiger charge is 2.20. The smallest absolute Gasteiger partial charge is 0.238 e. The van der Waals surface area contributed by atoms with Crippen molar-refractivity contribution in [2.24, 2.45) is 0 Å². The van der Waals surface area contributed by atoms with Crippen molar-refractivity contribution in [2.45, 2.75) is 4.90 Å². The summed E-state index contributed by atoms with van der Waals surface area (Å²) in [5.74, 6) is 0.784. The van der Waals surface area contributed by atoms with Crippen molar-refractivity contribution >= 4 is 29.3 Å². The largest absolute Gasteiger partial charge is 0.338 e. The minimum absolute atomic E-state index is 0.0244. The molecular weight excluding hydrogens is 322 g/mol. The molecule has 0 aliphatic carbocycles. The molecule has 1 aliphatic rings. The van der Waals surface area contributed by atoms with Gasteiger partial charge in [0.25, 0.3) is 0 Å². The molecule has 0 radical (unpaired) electrons. The van der Waals surface area contributed by atoms with Gasteiger partial charge in [-0.25, -0.2) is 9.97 Å². The van der Waals surface area contributed by atoms with E-state index in [-0.39, 0.29) is 5.91 Å². The SMILES string of the molecule is CSc1ccc(NC(=O)CN2CCN(c3ncccn3)CC2)cc1. The summed E-state index contributed by atoms with van der Waals surface area (Å²) in [6.07, 6.45) is 5.54. The van der Waals surface area contributed by atoms with Gasteiger partial charge >= 0.3 is 0 Å². The topological polar surface area (TPSA) is 61.4 Å². The van der Waals surface area contributed by atoms with Crippen molar-refractivity contribution in [2.75, 3.05) is 49.2 Å². The van der Waals surface area contributed by atoms with Crippen molar-refractivity contribution in [3.05, 3.63) is 42.7 Å². The molecule has 1 aliphatic heterocycles. The highest BCUT2D eigenvalue weighted by molar-refractivity contribution is 7.98. The number of carbonyl (C=O) groups excluding carboxylic acids is 1. The molecule has 1 aromatic carbocycles. The highest BCUT2D eigenvalue weighted by Crippen LogP contribution is 2.17. The van der Waals surface area contributed by atoms with E-state index in [9.17, 15) is 4.79 Å². The number of carbonyl (C=O) groups is 1. The van der Waals surface area contributed by atoms with Gasteiger partial charge in [-0.1, -0.05) is 0 Å². The van der Waals surface area contributed by atoms with Crippen LogP contribution in [-0.4, -0.2) is 59.8 Å². The van der Waals surface area contributed by atoms with Crippen LogP contribution in [-0.2, 0) is 4.79 Å². The normalized spacial score (nSPS) is 15.3. The Labute approximate surface area is 146 Å². The first-order valence-corrected chi connectivity index (χ1v) is 9.15. The van der Waals surface area contributed by atoms with Gasteiger partial charge in [-0.15, -0.1) is 11.8 Å². The maximum absolute atomic E-state index is 12.2. The number of thioether (sulfide) groups is 1. The number of aromatic nitrogens is 2. The third-order valence-electron chi connectivity index (χ3n) is 3.95. The van der Waals surface area contributed by atoms with Crippen LogP contribution < -0.4 is 10.2 Å². The molecule has 3 rings (SSSR count). The Hall–Kier alpha value is -2.12. The summed E-state index contributed by atoms with van der Waals surface area (Å²) >= 11 is 1.69. The number of piperazine rings is 1. The second-order valence-corrected chi connectivity index (χ2v) is 6.47. The molecule has 1 fully saturated rings. The summed E-state index contributed by atoms with van der Waals surface area (Å²) in [6, 6.07) is 9.72. The van der Waals surface area contributed by atoms with Gasteiger partial charge in [0.1, 0.15) is 0 Å². The molecule has 0 bridgehead atoms. The predicted molar refractivity (Wildman–Crippen MR) is 97.5 cm³/mol. The lowest BCUT2D eigenvalue weighted by Crippen LogP contribution is -2.49. The van der Waals surface area contributed by atoms with Gasteiger partial charge in [0, 0.05) is 49.2 Å². The minimum Gasteiger partial charge on any atom is -0.338 e. The first kappa shape index (κ1) is 16.7. The van der Waals surface area contributed by atoms with Crippen LogP contribution in [0, 0.1) is 0 Å². The maximum Gasteiger partial charge on any atom is 0.238 e. The van der Waals surface area contributed by atoms with Gasteiger partial charge in [-0.05, 0) is 36.6 Å². The molecule has 126 valence electrons. The number of benzene rings is 1. The molecule has 1 saturated heterocycles. The van der Waals surface area contributed by atoms with Crippen LogP contribution in [0.1, 0.15) is 0 Å². The van der Waals surface area contributed by atoms with Crippen LogP contribution in [0.2, 0.25) is 0 Å². The molecular formula is C17H21N5OS. The van der Waals surface area contributed by atoms with Crippen LogP contribution in [0.25, 0.3) is 0 Å². The Balaban J connectivity index is 1.46. The van der Waals surface area contributed by atoms with E-state index in [1.165, 1.54) is 4.90 Å². The monoisotopic (exact) mass is 343 g/mol. The molecule has 0 unspecified atom stereocenters. The van der Waals surface area contributed by atoms with E-state index in [1.54, 1.807) is 24.2 Å². The summed E-state index contributed by atoms with van der Waals surface area (Å²) in [6.45, 7) is 3.74. The van der Waals surface area contributed by atoms with Crippen molar-refractivity contribution < 1.29 is 4.79 Å². The number of hydrogen-bond donors (Lipinski definition) is 1. The summed E-state index contributed by atoms with van der Waals surface area (Å²) in [4.78, 5) is 26.2. The Kier molecular flexibility index (Phi) is 5.66. The molecule has 0 atom stereocenters. The Morgan fingerprint density at radius 3 is 2.42 bits per heavy atom. The third kappa shape index (κ3) is 4.46. The van der Waals surface area contributed by atoms with Crippen LogP contribution >= 0.6 is 11.8 Å². The maximum atomic E-state index is 12.2. The van der Waals surface area contributed by atoms with Crippen molar-refractivity contribution in [3.63, 3.8) is 0 Å². The van der Waals surface area contributed by atoms with Gasteiger partial charge in [-0.2, -0.15) is 0 Å². The quantitative estimate of drug-likeness (QED) is 0.838. The van der Waals surface area contributed by atoms with Gasteiger partial charge in [-0.3, -0.25) is 9.69 Å². The molecule has 1 amide bonds. The van der Waals surface area contributed by atoms with E-state index in [0.29, 0.717) is 6.54 Å². The first-order chi connectivity index (χ1) is 11.7. The number of nitrogens with zero attached hydrogens (tertiary/aromatic N) is 4. The second kappa shape index (κ2) is 8.12. The van der Waals surface area contributed by atoms with E-state index in [4.69, 9.17) is 0 Å². The fourth-order valence-corrected chi connectivity index (χ4v) is 3.05. The summed E-state index contributed by atoms with van der Waals surface area (Å²) in [5, 5.41) is 2.96. The summed E-state index contributed by atoms with van der Waals surface area (Å²) in [7, 11) is 0. The summed E-state index contributed by atoms with van der Waals surface area (Å²) < 4.78 is 0. The molecule has 0 saturated carbocycles. The number of anilines is 2. The molecule has 2 heterocycles. The van der Waals surface area contributed by atoms with Crippen molar-refractivity contribution in [3.8, 4) is 0 Å². The lowest BCUT2D eigenvalue weighted by Gasteiger charge is -2.34. The Morgan fingerprint density at radius 2 is 1.79 bits per heavy atom. The zero-order chi connectivity index (χ0) is 16.8. The highest BCUT2D eigenvalue weighted by atomic mass is 32.2. The average molecular weight is 343 g/mol. The molecule has 2 aromatic rings. The van der Waals surface area contributed by atoms with Gasteiger partial charge in [0.2, 0.25) is 11.9 Å². The zero-order valence-electron chi connectivity index (χ0n) is 13.7. The van der Waals surface area contributed by atoms with Crippen molar-refractivity contribution in [1.82, 2.24) is 14.9 Å². The van der Waals surface area contributed by atoms with E-state index in [1.807, 2.05) is 36.6 Å². The fourth-order valence-electron chi connectivity index (χ4n) is 2.64. The van der Waals surface area contributed by atoms with Gasteiger partial charge < -0.3 is 10.2 Å². The Morgan fingerprint density at radius 1 is 1.12 bits per heavy atom. The lowest BCUT2D eigenvalue weighted by molar-refractivity contribution is -0.117. The molecule has 1 N–H and O–H groups in total. The minimum atomic E-state index is 0.0244. The van der Waals surface area contributed by atoms with Crippen LogP contribution in [0.4, 0.5) is 11.6 Å². The zero-order valence-corrected chi connectivity index (χ0v) is 14.5. The van der Waals surface area contributed by atoms with Crippen LogP contribution in [0.3, 0.4) is 0 Å². The van der Waals surface area contributed by atoms with Crippen LogP contribution in [0.15, 0.2) is 47.6 Å². The average Bonchev–Trinajstić information content (AvgIpc) is 2.64. The predicted octanol–water partition coefficient (Wildman–Crippen LogP) is 1.96. The van der Waals surface area contributed by atoms with Gasteiger partial charge in [0.05, 0.1) is 6.54 Å². The second-order valence-electron chi connectivity index (χ2n) is 5.59. The number of rotatable bonds is 5. The third-order valence-corrected chi connectivity index (χ3v) is 4.69. The van der Waals surface area contributed by atoms with E-state index >= 15 is 0 Å². The standard InChI is InChI=1S/C17H21N5OS/c1-24-15-5-3-14(4-6-15)20-16(23)13-21-9-11-22(12-10-21)17-18-7-2-8-19-17/h2-8H,9-13H2,1H3,(H,20,23). The molecule has 24 heavy (non-hydrogen) atoms. The first-order valence-electron chi connectivity index (χ1n) is 7.93. The van der Waals surface area contributed by atoms with E-state index in [0.717, 1.165) is 37.8 Å². The Bertz CT molecular complexity index is 656.